The van der Waals surface area contributed by atoms with Crippen molar-refractivity contribution in [2.75, 3.05) is 18.8 Å². The molecule has 2 aromatic rings. The van der Waals surface area contributed by atoms with Crippen LogP contribution in [0.1, 0.15) is 26.9 Å². The molecule has 2 heterocycles. The maximum Gasteiger partial charge on any atom is 0.259 e. The van der Waals surface area contributed by atoms with Crippen LogP contribution in [-0.4, -0.2) is 29.6 Å². The van der Waals surface area contributed by atoms with E-state index in [4.69, 9.17) is 0 Å². The number of halogens is 2. The second-order valence-corrected chi connectivity index (χ2v) is 7.34. The van der Waals surface area contributed by atoms with E-state index in [-0.39, 0.29) is 0 Å². The summed E-state index contributed by atoms with van der Waals surface area (Å²) in [7, 11) is 0. The average Bonchev–Trinajstić information content (AvgIpc) is 2.91. The number of hydrogen-bond acceptors (Lipinski definition) is 3. The van der Waals surface area contributed by atoms with Gasteiger partial charge in [0.15, 0.2) is 0 Å². The van der Waals surface area contributed by atoms with Gasteiger partial charge in [0.05, 0.1) is 0 Å². The third kappa shape index (κ3) is 3.17. The quantitative estimate of drug-likeness (QED) is 0.811. The molecule has 1 aliphatic heterocycles. The normalized spacial score (nSPS) is 19.0. The third-order valence-electron chi connectivity index (χ3n) is 3.67. The van der Waals surface area contributed by atoms with Gasteiger partial charge in [-0.2, -0.15) is 11.8 Å². The van der Waals surface area contributed by atoms with E-state index in [1.807, 2.05) is 11.4 Å². The zero-order valence-corrected chi connectivity index (χ0v) is 13.4. The molecule has 1 saturated heterocycles. The van der Waals surface area contributed by atoms with Gasteiger partial charge < -0.3 is 4.90 Å². The van der Waals surface area contributed by atoms with Gasteiger partial charge in [-0.1, -0.05) is 12.1 Å². The molecule has 0 radical (unpaired) electrons. The van der Waals surface area contributed by atoms with E-state index in [1.165, 1.54) is 10.9 Å². The number of thioether (sulfide) groups is 1. The molecule has 0 saturated carbocycles. The van der Waals surface area contributed by atoms with Crippen LogP contribution in [0.25, 0.3) is 0 Å². The summed E-state index contributed by atoms with van der Waals surface area (Å²) < 4.78 is 27.5. The first kappa shape index (κ1) is 15.5. The maximum absolute atomic E-state index is 13.8. The first-order valence-electron chi connectivity index (χ1n) is 7.05. The van der Waals surface area contributed by atoms with Crippen LogP contribution in [-0.2, 0) is 0 Å². The van der Waals surface area contributed by atoms with Crippen LogP contribution in [0.4, 0.5) is 8.78 Å². The molecule has 116 valence electrons. The second kappa shape index (κ2) is 6.79. The molecular weight excluding hydrogens is 324 g/mol. The van der Waals surface area contributed by atoms with Crippen LogP contribution >= 0.6 is 23.1 Å². The number of amides is 1. The lowest BCUT2D eigenvalue weighted by Gasteiger charge is -2.20. The van der Waals surface area contributed by atoms with Crippen molar-refractivity contribution in [1.82, 2.24) is 4.90 Å². The lowest BCUT2D eigenvalue weighted by molar-refractivity contribution is 0.0757. The van der Waals surface area contributed by atoms with Gasteiger partial charge in [0.25, 0.3) is 5.91 Å². The first-order valence-corrected chi connectivity index (χ1v) is 8.98. The van der Waals surface area contributed by atoms with Crippen molar-refractivity contribution in [3.05, 3.63) is 57.8 Å². The predicted octanol–water partition coefficient (Wildman–Crippen LogP) is 4.35. The van der Waals surface area contributed by atoms with Crippen LogP contribution < -0.4 is 0 Å². The molecule has 0 N–H and O–H groups in total. The Morgan fingerprint density at radius 1 is 1.14 bits per heavy atom. The highest BCUT2D eigenvalue weighted by Gasteiger charge is 2.26. The fraction of sp³-hybridized carbons (Fsp3) is 0.312. The summed E-state index contributed by atoms with van der Waals surface area (Å²) in [6.45, 7) is 1.03. The van der Waals surface area contributed by atoms with E-state index in [0.717, 1.165) is 24.3 Å². The molecule has 1 aromatic carbocycles. The molecular formula is C16H15F2NOS2. The molecule has 0 unspecified atom stereocenters. The molecule has 1 amide bonds. The van der Waals surface area contributed by atoms with Crippen molar-refractivity contribution in [2.24, 2.45) is 0 Å². The molecule has 6 heteroatoms. The minimum atomic E-state index is -0.795. The van der Waals surface area contributed by atoms with Gasteiger partial charge in [0.2, 0.25) is 0 Å². The van der Waals surface area contributed by atoms with E-state index >= 15 is 0 Å². The second-order valence-electron chi connectivity index (χ2n) is 5.05. The molecule has 3 rings (SSSR count). The van der Waals surface area contributed by atoms with Crippen LogP contribution in [0.3, 0.4) is 0 Å². The molecule has 1 aromatic heterocycles. The monoisotopic (exact) mass is 339 g/mol. The summed E-state index contributed by atoms with van der Waals surface area (Å²) in [6.07, 6.45) is 0.799. The number of benzene rings is 1. The minimum Gasteiger partial charge on any atom is -0.338 e. The van der Waals surface area contributed by atoms with Gasteiger partial charge in [-0.25, -0.2) is 8.78 Å². The van der Waals surface area contributed by atoms with Crippen LogP contribution in [0, 0.1) is 11.6 Å². The highest BCUT2D eigenvalue weighted by atomic mass is 32.2. The minimum absolute atomic E-state index is 0.350. The lowest BCUT2D eigenvalue weighted by Crippen LogP contribution is -2.34. The van der Waals surface area contributed by atoms with Gasteiger partial charge in [-0.05, 0) is 30.0 Å². The van der Waals surface area contributed by atoms with Crippen molar-refractivity contribution < 1.29 is 13.6 Å². The van der Waals surface area contributed by atoms with Gasteiger partial charge in [0, 0.05) is 29.0 Å². The summed E-state index contributed by atoms with van der Waals surface area (Å²) in [5.74, 6) is -1.37. The smallest absolute Gasteiger partial charge is 0.259 e. The first-order chi connectivity index (χ1) is 10.7. The maximum atomic E-state index is 13.8. The highest BCUT2D eigenvalue weighted by Crippen LogP contribution is 2.37. The zero-order valence-electron chi connectivity index (χ0n) is 11.8. The number of thiophene rings is 1. The largest absolute Gasteiger partial charge is 0.338 e. The molecule has 0 bridgehead atoms. The fourth-order valence-corrected chi connectivity index (χ4v) is 4.77. The summed E-state index contributed by atoms with van der Waals surface area (Å²) in [4.78, 5) is 15.3. The van der Waals surface area contributed by atoms with Gasteiger partial charge >= 0.3 is 0 Å². The van der Waals surface area contributed by atoms with Crippen LogP contribution in [0.2, 0.25) is 0 Å². The Bertz CT molecular complexity index is 640. The number of nitrogens with zero attached hydrogens (tertiary/aromatic N) is 1. The van der Waals surface area contributed by atoms with E-state index < -0.39 is 23.1 Å². The van der Waals surface area contributed by atoms with Crippen molar-refractivity contribution in [1.29, 1.82) is 0 Å². The number of carbonyl (C=O) groups excluding carboxylic acids is 1. The summed E-state index contributed by atoms with van der Waals surface area (Å²) in [5.41, 5.74) is -0.443. The van der Waals surface area contributed by atoms with Crippen molar-refractivity contribution >= 4 is 29.0 Å². The SMILES string of the molecule is O=C(c1c(F)cccc1F)N1CCS[C@H](c2cccs2)CC1. The van der Waals surface area contributed by atoms with E-state index in [0.29, 0.717) is 18.3 Å². The Morgan fingerprint density at radius 2 is 1.91 bits per heavy atom. The standard InChI is InChI=1S/C16H15F2NOS2/c17-11-3-1-4-12(18)15(11)16(20)19-7-6-14(22-10-8-19)13-5-2-9-21-13/h1-5,9,14H,6-8,10H2/t14-/m0/s1. The highest BCUT2D eigenvalue weighted by molar-refractivity contribution is 7.99. The van der Waals surface area contributed by atoms with E-state index in [2.05, 4.69) is 6.07 Å². The summed E-state index contributed by atoms with van der Waals surface area (Å²) in [5, 5.41) is 2.39. The van der Waals surface area contributed by atoms with Crippen LogP contribution in [0.15, 0.2) is 35.7 Å². The average molecular weight is 339 g/mol. The number of hydrogen-bond donors (Lipinski definition) is 0. The third-order valence-corrected chi connectivity index (χ3v) is 6.11. The predicted molar refractivity (Wildman–Crippen MR) is 86.4 cm³/mol. The number of carbonyl (C=O) groups is 1. The number of rotatable bonds is 2. The topological polar surface area (TPSA) is 20.3 Å². The Kier molecular flexibility index (Phi) is 4.78. The fourth-order valence-electron chi connectivity index (χ4n) is 2.54. The Balaban J connectivity index is 1.74. The van der Waals surface area contributed by atoms with Gasteiger partial charge in [-0.15, -0.1) is 11.3 Å². The molecule has 1 aliphatic rings. The summed E-state index contributed by atoms with van der Waals surface area (Å²) >= 11 is 3.50. The van der Waals surface area contributed by atoms with Crippen LogP contribution in [0.5, 0.6) is 0 Å². The molecule has 1 atom stereocenters. The Hall–Kier alpha value is -1.40. The van der Waals surface area contributed by atoms with E-state index in [1.54, 1.807) is 28.0 Å². The molecule has 0 spiro atoms. The Morgan fingerprint density at radius 3 is 2.59 bits per heavy atom. The molecule has 1 fully saturated rings. The zero-order chi connectivity index (χ0) is 15.5. The van der Waals surface area contributed by atoms with Gasteiger partial charge in [0.1, 0.15) is 17.2 Å². The van der Waals surface area contributed by atoms with Crippen molar-refractivity contribution in [2.45, 2.75) is 11.7 Å². The molecule has 22 heavy (non-hydrogen) atoms. The molecule has 0 aliphatic carbocycles. The molecule has 2 nitrogen and oxygen atoms in total. The Labute approximate surface area is 136 Å². The van der Waals surface area contributed by atoms with Crippen molar-refractivity contribution in [3.8, 4) is 0 Å². The van der Waals surface area contributed by atoms with Crippen molar-refractivity contribution in [3.63, 3.8) is 0 Å². The summed E-state index contributed by atoms with van der Waals surface area (Å²) in [6, 6.07) is 7.63. The van der Waals surface area contributed by atoms with Gasteiger partial charge in [-0.3, -0.25) is 4.79 Å². The van der Waals surface area contributed by atoms with E-state index in [9.17, 15) is 13.6 Å². The lowest BCUT2D eigenvalue weighted by atomic mass is 10.1.